The molecule has 0 aliphatic heterocycles. The number of rotatable bonds is 9. The number of carbonyl (C=O) groups is 1. The van der Waals surface area contributed by atoms with Crippen molar-refractivity contribution in [2.45, 2.75) is 20.4 Å². The van der Waals surface area contributed by atoms with Crippen LogP contribution in [0.2, 0.25) is 0 Å². The van der Waals surface area contributed by atoms with Gasteiger partial charge in [-0.2, -0.15) is 0 Å². The molecule has 3 N–H and O–H groups in total. The zero-order chi connectivity index (χ0) is 18.1. The Bertz CT molecular complexity index is 694. The van der Waals surface area contributed by atoms with Crippen LogP contribution < -0.4 is 15.8 Å². The SMILES string of the molecule is CCN(CC)CCOc1ccccc1CNC(=O)c1cccc(N)c1.Cl.Cl. The van der Waals surface area contributed by atoms with Crippen LogP contribution in [0, 0.1) is 0 Å². The van der Waals surface area contributed by atoms with Crippen LogP contribution in [0.25, 0.3) is 0 Å². The third-order valence-electron chi connectivity index (χ3n) is 4.12. The molecular formula is C20H29Cl2N3O2. The Morgan fingerprint density at radius 3 is 2.44 bits per heavy atom. The molecule has 7 heteroatoms. The van der Waals surface area contributed by atoms with E-state index in [0.29, 0.717) is 24.4 Å². The van der Waals surface area contributed by atoms with Crippen molar-refractivity contribution in [3.63, 3.8) is 0 Å². The summed E-state index contributed by atoms with van der Waals surface area (Å²) in [5.41, 5.74) is 7.82. The van der Waals surface area contributed by atoms with Crippen molar-refractivity contribution in [3.05, 3.63) is 59.7 Å². The molecule has 0 aliphatic carbocycles. The van der Waals surface area contributed by atoms with Crippen molar-refractivity contribution < 1.29 is 9.53 Å². The monoisotopic (exact) mass is 413 g/mol. The Kier molecular flexibility index (Phi) is 12.3. The van der Waals surface area contributed by atoms with Crippen molar-refractivity contribution in [2.75, 3.05) is 32.0 Å². The van der Waals surface area contributed by atoms with Gasteiger partial charge in [0.05, 0.1) is 0 Å². The van der Waals surface area contributed by atoms with E-state index in [-0.39, 0.29) is 30.7 Å². The first-order valence-corrected chi connectivity index (χ1v) is 8.70. The number of nitrogens with one attached hydrogen (secondary N) is 1. The summed E-state index contributed by atoms with van der Waals surface area (Å²) >= 11 is 0. The molecule has 150 valence electrons. The number of anilines is 1. The molecule has 0 heterocycles. The summed E-state index contributed by atoms with van der Waals surface area (Å²) in [6.45, 7) is 8.23. The van der Waals surface area contributed by atoms with Crippen LogP contribution in [0.1, 0.15) is 29.8 Å². The molecule has 1 amide bonds. The molecule has 0 atom stereocenters. The van der Waals surface area contributed by atoms with Gasteiger partial charge in [0.2, 0.25) is 0 Å². The van der Waals surface area contributed by atoms with Crippen LogP contribution in [-0.2, 0) is 6.54 Å². The maximum absolute atomic E-state index is 12.2. The van der Waals surface area contributed by atoms with Gasteiger partial charge in [-0.15, -0.1) is 24.8 Å². The highest BCUT2D eigenvalue weighted by atomic mass is 35.5. The van der Waals surface area contributed by atoms with Gasteiger partial charge >= 0.3 is 0 Å². The summed E-state index contributed by atoms with van der Waals surface area (Å²) in [5, 5.41) is 2.92. The first-order chi connectivity index (χ1) is 12.1. The Labute approximate surface area is 174 Å². The minimum absolute atomic E-state index is 0. The van der Waals surface area contributed by atoms with Crippen molar-refractivity contribution >= 4 is 36.4 Å². The fourth-order valence-corrected chi connectivity index (χ4v) is 2.57. The summed E-state index contributed by atoms with van der Waals surface area (Å²) in [6.07, 6.45) is 0. The fourth-order valence-electron chi connectivity index (χ4n) is 2.57. The average molecular weight is 414 g/mol. The highest BCUT2D eigenvalue weighted by Crippen LogP contribution is 2.18. The van der Waals surface area contributed by atoms with Crippen LogP contribution in [0.5, 0.6) is 5.75 Å². The summed E-state index contributed by atoms with van der Waals surface area (Å²) in [7, 11) is 0. The quantitative estimate of drug-likeness (QED) is 0.613. The van der Waals surface area contributed by atoms with Crippen LogP contribution in [0.3, 0.4) is 0 Å². The van der Waals surface area contributed by atoms with Gasteiger partial charge in [0, 0.05) is 29.9 Å². The standard InChI is InChI=1S/C20H27N3O2.2ClH/c1-3-23(4-2)12-13-25-19-11-6-5-8-17(19)15-22-20(24)16-9-7-10-18(21)14-16;;/h5-11,14H,3-4,12-13,15,21H2,1-2H3,(H,22,24);2*1H. The van der Waals surface area contributed by atoms with Crippen LogP contribution in [-0.4, -0.2) is 37.0 Å². The Hall–Kier alpha value is -1.95. The largest absolute Gasteiger partial charge is 0.492 e. The second kappa shape index (κ2) is 13.3. The molecule has 2 aromatic carbocycles. The fraction of sp³-hybridized carbons (Fsp3) is 0.350. The number of halogens is 2. The van der Waals surface area contributed by atoms with E-state index >= 15 is 0 Å². The lowest BCUT2D eigenvalue weighted by Gasteiger charge is -2.19. The maximum atomic E-state index is 12.2. The molecule has 0 aliphatic rings. The highest BCUT2D eigenvalue weighted by molar-refractivity contribution is 5.94. The number of nitrogens with two attached hydrogens (primary N) is 1. The molecule has 2 rings (SSSR count). The van der Waals surface area contributed by atoms with Gasteiger partial charge < -0.3 is 20.7 Å². The summed E-state index contributed by atoms with van der Waals surface area (Å²) in [4.78, 5) is 14.6. The first-order valence-electron chi connectivity index (χ1n) is 8.70. The van der Waals surface area contributed by atoms with Gasteiger partial charge in [-0.3, -0.25) is 4.79 Å². The highest BCUT2D eigenvalue weighted by Gasteiger charge is 2.08. The van der Waals surface area contributed by atoms with Gasteiger partial charge in [0.15, 0.2) is 0 Å². The topological polar surface area (TPSA) is 67.6 Å². The summed E-state index contributed by atoms with van der Waals surface area (Å²) < 4.78 is 5.92. The molecule has 0 saturated carbocycles. The summed E-state index contributed by atoms with van der Waals surface area (Å²) in [6, 6.07) is 14.7. The molecule has 0 saturated heterocycles. The number of carbonyl (C=O) groups excluding carboxylic acids is 1. The van der Waals surface area contributed by atoms with Crippen LogP contribution in [0.15, 0.2) is 48.5 Å². The molecular weight excluding hydrogens is 385 g/mol. The second-order valence-corrected chi connectivity index (χ2v) is 5.79. The maximum Gasteiger partial charge on any atom is 0.251 e. The van der Waals surface area contributed by atoms with E-state index in [4.69, 9.17) is 10.5 Å². The van der Waals surface area contributed by atoms with Crippen molar-refractivity contribution in [1.82, 2.24) is 10.2 Å². The molecule has 0 aromatic heterocycles. The number of ether oxygens (including phenoxy) is 1. The zero-order valence-corrected chi connectivity index (χ0v) is 17.4. The van der Waals surface area contributed by atoms with E-state index in [1.807, 2.05) is 24.3 Å². The molecule has 27 heavy (non-hydrogen) atoms. The van der Waals surface area contributed by atoms with Gasteiger partial charge in [0.25, 0.3) is 5.91 Å². The smallest absolute Gasteiger partial charge is 0.251 e. The normalized spacial score (nSPS) is 9.89. The second-order valence-electron chi connectivity index (χ2n) is 5.79. The molecule has 0 spiro atoms. The number of hydrogen-bond donors (Lipinski definition) is 2. The first kappa shape index (κ1) is 25.1. The lowest BCUT2D eigenvalue weighted by molar-refractivity contribution is 0.0950. The van der Waals surface area contributed by atoms with E-state index in [1.165, 1.54) is 0 Å². The third-order valence-corrected chi connectivity index (χ3v) is 4.12. The Morgan fingerprint density at radius 2 is 1.78 bits per heavy atom. The van der Waals surface area contributed by atoms with Gasteiger partial charge in [-0.25, -0.2) is 0 Å². The molecule has 0 unspecified atom stereocenters. The molecule has 0 bridgehead atoms. The lowest BCUT2D eigenvalue weighted by Crippen LogP contribution is -2.28. The van der Waals surface area contributed by atoms with Crippen LogP contribution in [0.4, 0.5) is 5.69 Å². The number of para-hydroxylation sites is 1. The van der Waals surface area contributed by atoms with Gasteiger partial charge in [0.1, 0.15) is 12.4 Å². The van der Waals surface area contributed by atoms with Crippen molar-refractivity contribution in [1.29, 1.82) is 0 Å². The number of nitrogen functional groups attached to an aromatic ring is 1. The molecule has 2 aromatic rings. The summed E-state index contributed by atoms with van der Waals surface area (Å²) in [5.74, 6) is 0.660. The third kappa shape index (κ3) is 8.08. The minimum atomic E-state index is -0.148. The number of likely N-dealkylation sites (N-methyl/N-ethyl adjacent to an activating group) is 1. The van der Waals surface area contributed by atoms with E-state index in [0.717, 1.165) is 30.9 Å². The van der Waals surface area contributed by atoms with E-state index < -0.39 is 0 Å². The number of hydrogen-bond acceptors (Lipinski definition) is 4. The number of benzene rings is 2. The zero-order valence-electron chi connectivity index (χ0n) is 15.8. The molecule has 5 nitrogen and oxygen atoms in total. The number of amides is 1. The van der Waals surface area contributed by atoms with E-state index in [1.54, 1.807) is 24.3 Å². The minimum Gasteiger partial charge on any atom is -0.492 e. The van der Waals surface area contributed by atoms with E-state index in [9.17, 15) is 4.79 Å². The van der Waals surface area contributed by atoms with Gasteiger partial charge in [-0.05, 0) is 37.4 Å². The Morgan fingerprint density at radius 1 is 1.07 bits per heavy atom. The van der Waals surface area contributed by atoms with Crippen molar-refractivity contribution in [2.24, 2.45) is 0 Å². The average Bonchev–Trinajstić information content (AvgIpc) is 2.64. The predicted molar refractivity (Wildman–Crippen MR) is 116 cm³/mol. The van der Waals surface area contributed by atoms with Crippen molar-refractivity contribution in [3.8, 4) is 5.75 Å². The van der Waals surface area contributed by atoms with Gasteiger partial charge in [-0.1, -0.05) is 38.1 Å². The lowest BCUT2D eigenvalue weighted by atomic mass is 10.1. The predicted octanol–water partition coefficient (Wildman–Crippen LogP) is 3.76. The van der Waals surface area contributed by atoms with E-state index in [2.05, 4.69) is 24.1 Å². The molecule has 0 radical (unpaired) electrons. The molecule has 0 fully saturated rings. The van der Waals surface area contributed by atoms with Crippen LogP contribution >= 0.6 is 24.8 Å². The Balaban J connectivity index is 0.00000338. The number of nitrogens with zero attached hydrogens (tertiary/aromatic N) is 1.